The number of hydrogen-bond donors (Lipinski definition) is 0. The molecule has 2 aliphatic rings. The number of carbonyl (C=O) groups is 1. The summed E-state index contributed by atoms with van der Waals surface area (Å²) in [7, 11) is 0. The lowest BCUT2D eigenvalue weighted by Gasteiger charge is -2.34. The van der Waals surface area contributed by atoms with Crippen molar-refractivity contribution in [3.05, 3.63) is 71.4 Å². The monoisotopic (exact) mass is 492 g/mol. The lowest BCUT2D eigenvalue weighted by atomic mass is 9.93. The molecule has 35 heavy (non-hydrogen) atoms. The fourth-order valence-electron chi connectivity index (χ4n) is 5.04. The van der Waals surface area contributed by atoms with E-state index in [1.807, 2.05) is 70.4 Å². The number of carbonyl (C=O) groups excluding carboxylic acids is 1. The van der Waals surface area contributed by atoms with E-state index in [-0.39, 0.29) is 5.91 Å². The van der Waals surface area contributed by atoms with Crippen LogP contribution >= 0.6 is 11.6 Å². The molecule has 0 atom stereocenters. The number of amides is 1. The number of likely N-dealkylation sites (tertiary alicyclic amines) is 1. The molecule has 1 amide bonds. The first-order valence-electron chi connectivity index (χ1n) is 12.6. The molecule has 1 aromatic heterocycles. The number of para-hydroxylation sites is 1. The van der Waals surface area contributed by atoms with E-state index in [0.29, 0.717) is 17.4 Å². The Morgan fingerprint density at radius 3 is 2.40 bits per heavy atom. The molecule has 0 N–H and O–H groups in total. The molecular weight excluding hydrogens is 460 g/mol. The van der Waals surface area contributed by atoms with Gasteiger partial charge in [-0.25, -0.2) is 4.68 Å². The highest BCUT2D eigenvalue weighted by Gasteiger charge is 2.25. The second-order valence-corrected chi connectivity index (χ2v) is 9.97. The van der Waals surface area contributed by atoms with Crippen molar-refractivity contribution in [3.63, 3.8) is 0 Å². The molecule has 5 rings (SSSR count). The van der Waals surface area contributed by atoms with Crippen LogP contribution in [0.1, 0.15) is 24.8 Å². The van der Waals surface area contributed by atoms with Crippen LogP contribution in [0.5, 0.6) is 0 Å². The summed E-state index contributed by atoms with van der Waals surface area (Å²) in [6, 6.07) is 17.7. The van der Waals surface area contributed by atoms with Crippen molar-refractivity contribution in [2.75, 3.05) is 45.9 Å². The van der Waals surface area contributed by atoms with Crippen LogP contribution in [-0.2, 0) is 16.0 Å². The third kappa shape index (κ3) is 6.13. The van der Waals surface area contributed by atoms with Gasteiger partial charge in [-0.1, -0.05) is 41.9 Å². The molecule has 0 saturated carbocycles. The average Bonchev–Trinajstić information content (AvgIpc) is 3.33. The third-order valence-corrected chi connectivity index (χ3v) is 7.45. The summed E-state index contributed by atoms with van der Waals surface area (Å²) in [5, 5.41) is 5.53. The van der Waals surface area contributed by atoms with Gasteiger partial charge in [0.05, 0.1) is 31.0 Å². The van der Waals surface area contributed by atoms with Crippen molar-refractivity contribution in [2.45, 2.75) is 25.7 Å². The van der Waals surface area contributed by atoms with Gasteiger partial charge in [0.15, 0.2) is 0 Å². The van der Waals surface area contributed by atoms with Crippen LogP contribution in [0.25, 0.3) is 16.9 Å². The molecule has 0 aliphatic carbocycles. The van der Waals surface area contributed by atoms with Crippen molar-refractivity contribution >= 4 is 17.5 Å². The minimum Gasteiger partial charge on any atom is -0.379 e. The van der Waals surface area contributed by atoms with Gasteiger partial charge in [0, 0.05) is 48.5 Å². The molecule has 0 radical (unpaired) electrons. The van der Waals surface area contributed by atoms with Gasteiger partial charge in [0.25, 0.3) is 0 Å². The number of piperidine rings is 1. The van der Waals surface area contributed by atoms with Crippen molar-refractivity contribution < 1.29 is 9.53 Å². The maximum absolute atomic E-state index is 13.3. The van der Waals surface area contributed by atoms with E-state index in [2.05, 4.69) is 4.90 Å². The van der Waals surface area contributed by atoms with E-state index in [9.17, 15) is 4.79 Å². The fraction of sp³-hybridized carbons (Fsp3) is 0.429. The standard InChI is InChI=1S/C28H33ClN4O2/c29-25-8-6-23(7-9-25)28-24(21-33(30-28)26-4-2-1-3-5-26)20-27(34)32-14-11-22(12-15-32)10-13-31-16-18-35-19-17-31/h1-9,21-22H,10-20H2. The molecule has 2 saturated heterocycles. The molecule has 184 valence electrons. The Morgan fingerprint density at radius 1 is 0.971 bits per heavy atom. The molecule has 0 spiro atoms. The second kappa shape index (κ2) is 11.4. The molecular formula is C28H33ClN4O2. The van der Waals surface area contributed by atoms with Gasteiger partial charge in [-0.3, -0.25) is 9.69 Å². The summed E-state index contributed by atoms with van der Waals surface area (Å²) in [4.78, 5) is 17.9. The van der Waals surface area contributed by atoms with Gasteiger partial charge in [0.1, 0.15) is 0 Å². The molecule has 0 bridgehead atoms. The maximum atomic E-state index is 13.3. The van der Waals surface area contributed by atoms with Crippen LogP contribution in [0.4, 0.5) is 0 Å². The van der Waals surface area contributed by atoms with E-state index in [1.54, 1.807) is 0 Å². The van der Waals surface area contributed by atoms with Crippen LogP contribution in [0.15, 0.2) is 60.8 Å². The van der Waals surface area contributed by atoms with Crippen molar-refractivity contribution in [1.29, 1.82) is 0 Å². The normalized spacial score (nSPS) is 17.6. The Labute approximate surface area is 212 Å². The first-order valence-corrected chi connectivity index (χ1v) is 13.0. The van der Waals surface area contributed by atoms with Crippen molar-refractivity contribution in [1.82, 2.24) is 19.6 Å². The van der Waals surface area contributed by atoms with E-state index in [0.717, 1.165) is 81.3 Å². The number of benzene rings is 2. The zero-order valence-corrected chi connectivity index (χ0v) is 20.9. The quantitative estimate of drug-likeness (QED) is 0.480. The zero-order chi connectivity index (χ0) is 24.0. The van der Waals surface area contributed by atoms with E-state index in [4.69, 9.17) is 21.4 Å². The number of ether oxygens (including phenoxy) is 1. The number of halogens is 1. The average molecular weight is 493 g/mol. The summed E-state index contributed by atoms with van der Waals surface area (Å²) < 4.78 is 7.32. The molecule has 0 unspecified atom stereocenters. The van der Waals surface area contributed by atoms with E-state index in [1.165, 1.54) is 6.42 Å². The van der Waals surface area contributed by atoms with E-state index < -0.39 is 0 Å². The van der Waals surface area contributed by atoms with Gasteiger partial charge in [0.2, 0.25) is 5.91 Å². The Balaban J connectivity index is 1.24. The van der Waals surface area contributed by atoms with Crippen molar-refractivity contribution in [2.24, 2.45) is 5.92 Å². The van der Waals surface area contributed by atoms with Crippen molar-refractivity contribution in [3.8, 4) is 16.9 Å². The summed E-state index contributed by atoms with van der Waals surface area (Å²) in [6.07, 6.45) is 5.73. The van der Waals surface area contributed by atoms with Crippen LogP contribution in [0.3, 0.4) is 0 Å². The number of hydrogen-bond acceptors (Lipinski definition) is 4. The summed E-state index contributed by atoms with van der Waals surface area (Å²) in [5.74, 6) is 0.881. The predicted octanol–water partition coefficient (Wildman–Crippen LogP) is 4.70. The van der Waals surface area contributed by atoms with E-state index >= 15 is 0 Å². The highest BCUT2D eigenvalue weighted by molar-refractivity contribution is 6.30. The summed E-state index contributed by atoms with van der Waals surface area (Å²) >= 11 is 6.11. The number of aromatic nitrogens is 2. The summed E-state index contributed by atoms with van der Waals surface area (Å²) in [5.41, 5.74) is 3.71. The largest absolute Gasteiger partial charge is 0.379 e. The van der Waals surface area contributed by atoms with Crippen LogP contribution in [-0.4, -0.2) is 71.4 Å². The smallest absolute Gasteiger partial charge is 0.227 e. The minimum atomic E-state index is 0.180. The third-order valence-electron chi connectivity index (χ3n) is 7.19. The van der Waals surface area contributed by atoms with Crippen LogP contribution in [0.2, 0.25) is 5.02 Å². The van der Waals surface area contributed by atoms with Crippen LogP contribution < -0.4 is 0 Å². The fourth-order valence-corrected chi connectivity index (χ4v) is 5.16. The van der Waals surface area contributed by atoms with Gasteiger partial charge in [-0.15, -0.1) is 0 Å². The molecule has 2 fully saturated rings. The molecule has 3 heterocycles. The van der Waals surface area contributed by atoms with Gasteiger partial charge in [-0.05, 0) is 56.0 Å². The Hall–Kier alpha value is -2.67. The predicted molar refractivity (Wildman–Crippen MR) is 139 cm³/mol. The van der Waals surface area contributed by atoms with Gasteiger partial charge >= 0.3 is 0 Å². The number of rotatable bonds is 7. The Bertz CT molecular complexity index is 1100. The van der Waals surface area contributed by atoms with Gasteiger partial charge in [-0.2, -0.15) is 5.10 Å². The van der Waals surface area contributed by atoms with Gasteiger partial charge < -0.3 is 9.64 Å². The lowest BCUT2D eigenvalue weighted by Crippen LogP contribution is -2.41. The first-order chi connectivity index (χ1) is 17.2. The molecule has 6 nitrogen and oxygen atoms in total. The summed E-state index contributed by atoms with van der Waals surface area (Å²) in [6.45, 7) is 6.63. The van der Waals surface area contributed by atoms with Crippen LogP contribution in [0, 0.1) is 5.92 Å². The topological polar surface area (TPSA) is 50.6 Å². The molecule has 2 aromatic carbocycles. The molecule has 2 aliphatic heterocycles. The lowest BCUT2D eigenvalue weighted by molar-refractivity contribution is -0.131. The maximum Gasteiger partial charge on any atom is 0.227 e. The first kappa shape index (κ1) is 24.0. The Morgan fingerprint density at radius 2 is 1.69 bits per heavy atom. The zero-order valence-electron chi connectivity index (χ0n) is 20.1. The molecule has 3 aromatic rings. The highest BCUT2D eigenvalue weighted by atomic mass is 35.5. The SMILES string of the molecule is O=C(Cc1cn(-c2ccccc2)nc1-c1ccc(Cl)cc1)N1CCC(CCN2CCOCC2)CC1. The number of nitrogens with zero attached hydrogens (tertiary/aromatic N) is 4. The highest BCUT2D eigenvalue weighted by Crippen LogP contribution is 2.27. The Kier molecular flexibility index (Phi) is 7.82. The second-order valence-electron chi connectivity index (χ2n) is 9.53. The number of morpholine rings is 1. The minimum absolute atomic E-state index is 0.180. The molecule has 7 heteroatoms.